The molecule has 0 radical (unpaired) electrons. The molecule has 16 heavy (non-hydrogen) atoms. The summed E-state index contributed by atoms with van der Waals surface area (Å²) in [5, 5.41) is 24.9. The SMILES string of the molecule is C[C@]12C(C3CC[C@H]1N=N3)C1CC[C@@H]2N=[N+]1[O-]. The van der Waals surface area contributed by atoms with Gasteiger partial charge in [-0.1, -0.05) is 11.8 Å². The van der Waals surface area contributed by atoms with Crippen LogP contribution in [-0.2, 0) is 0 Å². The molecule has 0 aromatic carbocycles. The summed E-state index contributed by atoms with van der Waals surface area (Å²) in [5.41, 5.74) is 0.120. The van der Waals surface area contributed by atoms with Gasteiger partial charge in [-0.15, -0.1) is 0 Å². The number of hydroxylamine groups is 1. The van der Waals surface area contributed by atoms with E-state index in [0.717, 1.165) is 30.5 Å². The summed E-state index contributed by atoms with van der Waals surface area (Å²) in [4.78, 5) is 0.983. The van der Waals surface area contributed by atoms with Gasteiger partial charge in [0.15, 0.2) is 6.04 Å². The minimum atomic E-state index is 0.0713. The van der Waals surface area contributed by atoms with E-state index in [4.69, 9.17) is 0 Å². The van der Waals surface area contributed by atoms with Crippen LogP contribution in [0.15, 0.2) is 15.3 Å². The molecule has 2 aliphatic carbocycles. The molecule has 4 heterocycles. The normalized spacial score (nSPS) is 57.3. The van der Waals surface area contributed by atoms with Crippen molar-refractivity contribution in [1.82, 2.24) is 0 Å². The maximum absolute atomic E-state index is 11.8. The smallest absolute Gasteiger partial charge is 0.195 e. The van der Waals surface area contributed by atoms with Gasteiger partial charge in [0.25, 0.3) is 0 Å². The molecule has 0 aromatic heterocycles. The van der Waals surface area contributed by atoms with Gasteiger partial charge >= 0.3 is 0 Å². The second-order valence-electron chi connectivity index (χ2n) is 5.86. The highest BCUT2D eigenvalue weighted by Gasteiger charge is 2.66. The lowest BCUT2D eigenvalue weighted by Gasteiger charge is -2.57. The lowest BCUT2D eigenvalue weighted by atomic mass is 9.52. The fourth-order valence-electron chi connectivity index (χ4n) is 4.52. The van der Waals surface area contributed by atoms with Gasteiger partial charge in [-0.2, -0.15) is 10.2 Å². The van der Waals surface area contributed by atoms with E-state index in [9.17, 15) is 5.21 Å². The number of azo groups is 2. The first-order valence-corrected chi connectivity index (χ1v) is 6.28. The van der Waals surface area contributed by atoms with Crippen molar-refractivity contribution in [3.05, 3.63) is 5.21 Å². The van der Waals surface area contributed by atoms with E-state index in [0.29, 0.717) is 12.0 Å². The summed E-state index contributed by atoms with van der Waals surface area (Å²) in [7, 11) is 0. The molecular formula is C11H16N4O. The van der Waals surface area contributed by atoms with E-state index >= 15 is 0 Å². The van der Waals surface area contributed by atoms with Crippen molar-refractivity contribution >= 4 is 0 Å². The van der Waals surface area contributed by atoms with E-state index < -0.39 is 0 Å². The predicted molar refractivity (Wildman–Crippen MR) is 56.1 cm³/mol. The highest BCUT2D eigenvalue weighted by Crippen LogP contribution is 2.58. The van der Waals surface area contributed by atoms with Gasteiger partial charge in [0.05, 0.1) is 18.0 Å². The van der Waals surface area contributed by atoms with Gasteiger partial charge in [0, 0.05) is 11.8 Å². The van der Waals surface area contributed by atoms with E-state index in [1.165, 1.54) is 0 Å². The Morgan fingerprint density at radius 2 is 1.94 bits per heavy atom. The van der Waals surface area contributed by atoms with Gasteiger partial charge in [-0.05, 0) is 24.4 Å². The molecule has 0 amide bonds. The molecule has 4 bridgehead atoms. The van der Waals surface area contributed by atoms with Gasteiger partial charge < -0.3 is 5.21 Å². The molecule has 3 unspecified atom stereocenters. The zero-order valence-electron chi connectivity index (χ0n) is 9.41. The van der Waals surface area contributed by atoms with E-state index in [-0.39, 0.29) is 23.5 Å². The van der Waals surface area contributed by atoms with Gasteiger partial charge in [0.1, 0.15) is 6.04 Å². The molecule has 6 rings (SSSR count). The molecule has 0 N–H and O–H groups in total. The number of rotatable bonds is 0. The summed E-state index contributed by atoms with van der Waals surface area (Å²) < 4.78 is 0. The monoisotopic (exact) mass is 220 g/mol. The Balaban J connectivity index is 1.89. The summed E-state index contributed by atoms with van der Waals surface area (Å²) in [6.45, 7) is 2.29. The fourth-order valence-corrected chi connectivity index (χ4v) is 4.52. The van der Waals surface area contributed by atoms with Crippen molar-refractivity contribution < 1.29 is 4.86 Å². The van der Waals surface area contributed by atoms with Crippen molar-refractivity contribution in [1.29, 1.82) is 0 Å². The Kier molecular flexibility index (Phi) is 1.49. The van der Waals surface area contributed by atoms with Crippen molar-refractivity contribution in [2.45, 2.75) is 56.8 Å². The quantitative estimate of drug-likeness (QED) is 0.455. The van der Waals surface area contributed by atoms with E-state index in [1.54, 1.807) is 0 Å². The summed E-state index contributed by atoms with van der Waals surface area (Å²) in [6.07, 6.45) is 4.32. The molecule has 6 atom stereocenters. The fraction of sp³-hybridized carbons (Fsp3) is 1.00. The topological polar surface area (TPSA) is 63.1 Å². The van der Waals surface area contributed by atoms with Crippen LogP contribution >= 0.6 is 0 Å². The number of hydrogen-bond donors (Lipinski definition) is 0. The van der Waals surface area contributed by atoms with Crippen LogP contribution in [0.25, 0.3) is 0 Å². The van der Waals surface area contributed by atoms with Crippen molar-refractivity contribution in [2.24, 2.45) is 26.7 Å². The lowest BCUT2D eigenvalue weighted by Crippen LogP contribution is -2.66. The first kappa shape index (κ1) is 9.07. The summed E-state index contributed by atoms with van der Waals surface area (Å²) in [6, 6.07) is 0.858. The largest absolute Gasteiger partial charge is 0.600 e. The third-order valence-electron chi connectivity index (χ3n) is 5.35. The van der Waals surface area contributed by atoms with Crippen molar-refractivity contribution in [2.75, 3.05) is 0 Å². The minimum Gasteiger partial charge on any atom is -0.600 e. The number of nitrogens with zero attached hydrogens (tertiary/aromatic N) is 4. The zero-order chi connectivity index (χ0) is 10.9. The van der Waals surface area contributed by atoms with Gasteiger partial charge in [0.2, 0.25) is 0 Å². The van der Waals surface area contributed by atoms with Crippen molar-refractivity contribution in [3.8, 4) is 0 Å². The summed E-state index contributed by atoms with van der Waals surface area (Å²) >= 11 is 0. The van der Waals surface area contributed by atoms with Crippen LogP contribution in [0.1, 0.15) is 32.6 Å². The minimum absolute atomic E-state index is 0.0713. The molecule has 4 aliphatic heterocycles. The average Bonchev–Trinajstić information content (AvgIpc) is 2.31. The molecule has 2 fully saturated rings. The molecule has 86 valence electrons. The molecular weight excluding hydrogens is 204 g/mol. The molecule has 0 spiro atoms. The third kappa shape index (κ3) is 0.812. The van der Waals surface area contributed by atoms with Crippen LogP contribution < -0.4 is 0 Å². The number of hydrogen-bond acceptors (Lipinski definition) is 4. The van der Waals surface area contributed by atoms with Crippen LogP contribution in [0, 0.1) is 16.5 Å². The second-order valence-corrected chi connectivity index (χ2v) is 5.86. The lowest BCUT2D eigenvalue weighted by molar-refractivity contribution is -0.610. The molecule has 0 saturated heterocycles. The Bertz CT molecular complexity index is 407. The van der Waals surface area contributed by atoms with Crippen molar-refractivity contribution in [3.63, 3.8) is 0 Å². The first-order chi connectivity index (χ1) is 7.71. The van der Waals surface area contributed by atoms with Gasteiger partial charge in [-0.3, -0.25) is 0 Å². The maximum atomic E-state index is 11.8. The van der Waals surface area contributed by atoms with Crippen LogP contribution in [0.2, 0.25) is 0 Å². The summed E-state index contributed by atoms with van der Waals surface area (Å²) in [5.74, 6) is 0.400. The highest BCUT2D eigenvalue weighted by molar-refractivity contribution is 5.14. The maximum Gasteiger partial charge on any atom is 0.195 e. The van der Waals surface area contributed by atoms with Crippen LogP contribution in [0.5, 0.6) is 0 Å². The standard InChI is InChI=1S/C11H16N4O/c1-11-8-4-2-6(12-13-8)10(11)7-3-5-9(11)14-15(7)16/h6-10H,2-5H2,1H3/t6?,7?,8-,9+,10?,11+/m1/s1. The highest BCUT2D eigenvalue weighted by atomic mass is 16.5. The zero-order valence-corrected chi connectivity index (χ0v) is 9.41. The molecule has 0 aromatic rings. The first-order valence-electron chi connectivity index (χ1n) is 6.28. The van der Waals surface area contributed by atoms with Crippen LogP contribution in [0.4, 0.5) is 0 Å². The van der Waals surface area contributed by atoms with Gasteiger partial charge in [-0.25, -0.2) is 0 Å². The molecule has 2 saturated carbocycles. The Morgan fingerprint density at radius 3 is 2.62 bits per heavy atom. The third-order valence-corrected chi connectivity index (χ3v) is 5.35. The number of fused-ring (bicyclic) bond motifs is 2. The Hall–Kier alpha value is -1.00. The molecule has 6 aliphatic rings. The Labute approximate surface area is 94.2 Å². The molecule has 5 nitrogen and oxygen atoms in total. The van der Waals surface area contributed by atoms with E-state index in [1.807, 2.05) is 0 Å². The average molecular weight is 220 g/mol. The Morgan fingerprint density at radius 1 is 1.12 bits per heavy atom. The second kappa shape index (κ2) is 2.63. The predicted octanol–water partition coefficient (Wildman–Crippen LogP) is 2.11. The van der Waals surface area contributed by atoms with Crippen LogP contribution in [0.3, 0.4) is 0 Å². The van der Waals surface area contributed by atoms with E-state index in [2.05, 4.69) is 22.3 Å². The van der Waals surface area contributed by atoms with Crippen LogP contribution in [-0.4, -0.2) is 29.0 Å². The molecule has 5 heteroatoms.